The second-order valence-electron chi connectivity index (χ2n) is 5.01. The number of hydrogen-bond acceptors (Lipinski definition) is 4. The molecular formula is C15H18N2O4. The number of carbonyl (C=O) groups excluding carboxylic acids is 3. The molecule has 0 unspecified atom stereocenters. The van der Waals surface area contributed by atoms with E-state index < -0.39 is 24.4 Å². The monoisotopic (exact) mass is 290 g/mol. The van der Waals surface area contributed by atoms with Crippen molar-refractivity contribution in [3.8, 4) is 0 Å². The zero-order valence-electron chi connectivity index (χ0n) is 11.7. The number of rotatable bonds is 5. The second kappa shape index (κ2) is 6.88. The van der Waals surface area contributed by atoms with Gasteiger partial charge in [0.1, 0.15) is 0 Å². The summed E-state index contributed by atoms with van der Waals surface area (Å²) in [7, 11) is 0. The first-order chi connectivity index (χ1) is 10.1. The van der Waals surface area contributed by atoms with Crippen LogP contribution in [0.2, 0.25) is 0 Å². The van der Waals surface area contributed by atoms with E-state index in [-0.39, 0.29) is 6.54 Å². The molecule has 0 aromatic heterocycles. The summed E-state index contributed by atoms with van der Waals surface area (Å²) in [5, 5.41) is 2.25. The smallest absolute Gasteiger partial charge is 0.338 e. The number of primary amides is 1. The van der Waals surface area contributed by atoms with Crippen LogP contribution in [-0.4, -0.2) is 30.9 Å². The third-order valence-electron chi connectivity index (χ3n) is 3.38. The van der Waals surface area contributed by atoms with Gasteiger partial charge < -0.3 is 15.8 Å². The lowest BCUT2D eigenvalue weighted by atomic mass is 9.90. The van der Waals surface area contributed by atoms with Crippen molar-refractivity contribution in [1.82, 2.24) is 5.32 Å². The number of nitrogens with one attached hydrogen (secondary N) is 1. The quantitative estimate of drug-likeness (QED) is 0.763. The Morgan fingerprint density at radius 1 is 1.14 bits per heavy atom. The lowest BCUT2D eigenvalue weighted by molar-refractivity contribution is -0.127. The zero-order valence-corrected chi connectivity index (χ0v) is 11.7. The molecule has 1 aliphatic carbocycles. The largest absolute Gasteiger partial charge is 0.452 e. The third kappa shape index (κ3) is 4.30. The highest BCUT2D eigenvalue weighted by atomic mass is 16.5. The number of esters is 1. The van der Waals surface area contributed by atoms with Crippen molar-refractivity contribution < 1.29 is 19.1 Å². The molecule has 0 fully saturated rings. The number of amides is 2. The van der Waals surface area contributed by atoms with Gasteiger partial charge in [0, 0.05) is 0 Å². The van der Waals surface area contributed by atoms with E-state index in [0.29, 0.717) is 5.56 Å². The summed E-state index contributed by atoms with van der Waals surface area (Å²) in [6, 6.07) is 5.49. The summed E-state index contributed by atoms with van der Waals surface area (Å²) in [6.07, 6.45) is 4.31. The Morgan fingerprint density at radius 2 is 1.86 bits per heavy atom. The van der Waals surface area contributed by atoms with Crippen LogP contribution in [0.1, 0.15) is 34.3 Å². The summed E-state index contributed by atoms with van der Waals surface area (Å²) < 4.78 is 4.91. The number of carbonyl (C=O) groups is 3. The first kappa shape index (κ1) is 15.0. The maximum absolute atomic E-state index is 11.9. The lowest BCUT2D eigenvalue weighted by Gasteiger charge is -2.16. The van der Waals surface area contributed by atoms with Gasteiger partial charge in [-0.3, -0.25) is 9.59 Å². The Kier molecular flexibility index (Phi) is 4.92. The highest BCUT2D eigenvalue weighted by molar-refractivity contribution is 5.92. The van der Waals surface area contributed by atoms with Gasteiger partial charge in [-0.2, -0.15) is 0 Å². The van der Waals surface area contributed by atoms with E-state index >= 15 is 0 Å². The van der Waals surface area contributed by atoms with E-state index in [4.69, 9.17) is 10.5 Å². The highest BCUT2D eigenvalue weighted by Crippen LogP contribution is 2.22. The first-order valence-electron chi connectivity index (χ1n) is 6.90. The molecule has 1 aromatic carbocycles. The molecule has 21 heavy (non-hydrogen) atoms. The van der Waals surface area contributed by atoms with Gasteiger partial charge >= 0.3 is 5.97 Å². The summed E-state index contributed by atoms with van der Waals surface area (Å²) >= 11 is 0. The van der Waals surface area contributed by atoms with E-state index in [1.807, 2.05) is 12.1 Å². The molecule has 2 amide bonds. The predicted molar refractivity (Wildman–Crippen MR) is 75.6 cm³/mol. The van der Waals surface area contributed by atoms with E-state index in [2.05, 4.69) is 5.32 Å². The minimum atomic E-state index is -0.649. The molecule has 6 nitrogen and oxygen atoms in total. The summed E-state index contributed by atoms with van der Waals surface area (Å²) in [5.74, 6) is -1.75. The van der Waals surface area contributed by atoms with Crippen molar-refractivity contribution in [3.05, 3.63) is 34.9 Å². The fourth-order valence-corrected chi connectivity index (χ4v) is 2.31. The molecular weight excluding hydrogens is 272 g/mol. The average Bonchev–Trinajstić information content (AvgIpc) is 2.50. The van der Waals surface area contributed by atoms with Crippen LogP contribution in [0, 0.1) is 0 Å². The van der Waals surface area contributed by atoms with E-state index in [1.165, 1.54) is 17.5 Å². The van der Waals surface area contributed by atoms with Gasteiger partial charge in [0.15, 0.2) is 6.61 Å². The number of hydrogen-bond donors (Lipinski definition) is 2. The van der Waals surface area contributed by atoms with E-state index in [1.54, 1.807) is 6.07 Å². The average molecular weight is 290 g/mol. The van der Waals surface area contributed by atoms with Crippen LogP contribution < -0.4 is 11.1 Å². The van der Waals surface area contributed by atoms with Gasteiger partial charge in [0.25, 0.3) is 5.91 Å². The SMILES string of the molecule is NC(=O)CNC(=O)COC(=O)c1ccc2c(c1)CCCC2. The molecule has 112 valence electrons. The topological polar surface area (TPSA) is 98.5 Å². The molecule has 3 N–H and O–H groups in total. The molecule has 0 saturated heterocycles. The van der Waals surface area contributed by atoms with Crippen molar-refractivity contribution in [2.45, 2.75) is 25.7 Å². The van der Waals surface area contributed by atoms with Crippen molar-refractivity contribution in [3.63, 3.8) is 0 Å². The number of aryl methyl sites for hydroxylation is 2. The Balaban J connectivity index is 1.88. The number of nitrogens with two attached hydrogens (primary N) is 1. The normalized spacial score (nSPS) is 13.1. The molecule has 1 aromatic rings. The van der Waals surface area contributed by atoms with Gasteiger partial charge in [-0.05, 0) is 48.9 Å². The Hall–Kier alpha value is -2.37. The van der Waals surface area contributed by atoms with E-state index in [0.717, 1.165) is 19.3 Å². The second-order valence-corrected chi connectivity index (χ2v) is 5.01. The molecule has 6 heteroatoms. The fraction of sp³-hybridized carbons (Fsp3) is 0.400. The van der Waals surface area contributed by atoms with Crippen molar-refractivity contribution in [1.29, 1.82) is 0 Å². The summed E-state index contributed by atoms with van der Waals surface area (Å²) in [6.45, 7) is -0.696. The molecule has 0 atom stereocenters. The maximum Gasteiger partial charge on any atom is 0.338 e. The van der Waals surface area contributed by atoms with Crippen LogP contribution in [0.5, 0.6) is 0 Å². The number of ether oxygens (including phenoxy) is 1. The van der Waals surface area contributed by atoms with Crippen molar-refractivity contribution in [2.75, 3.05) is 13.2 Å². The van der Waals surface area contributed by atoms with Gasteiger partial charge in [0.2, 0.25) is 5.91 Å². The van der Waals surface area contributed by atoms with Crippen LogP contribution in [-0.2, 0) is 27.2 Å². The van der Waals surface area contributed by atoms with Crippen LogP contribution in [0.25, 0.3) is 0 Å². The first-order valence-corrected chi connectivity index (χ1v) is 6.90. The maximum atomic E-state index is 11.9. The Morgan fingerprint density at radius 3 is 2.57 bits per heavy atom. The van der Waals surface area contributed by atoms with E-state index in [9.17, 15) is 14.4 Å². The fourth-order valence-electron chi connectivity index (χ4n) is 2.31. The summed E-state index contributed by atoms with van der Waals surface area (Å²) in [5.41, 5.74) is 7.78. The van der Waals surface area contributed by atoms with Gasteiger partial charge in [0.05, 0.1) is 12.1 Å². The van der Waals surface area contributed by atoms with Crippen LogP contribution in [0.4, 0.5) is 0 Å². The molecule has 0 saturated carbocycles. The van der Waals surface area contributed by atoms with Gasteiger partial charge in [-0.25, -0.2) is 4.79 Å². The molecule has 0 heterocycles. The van der Waals surface area contributed by atoms with Gasteiger partial charge in [-0.15, -0.1) is 0 Å². The minimum Gasteiger partial charge on any atom is -0.452 e. The molecule has 0 radical (unpaired) electrons. The van der Waals surface area contributed by atoms with Crippen molar-refractivity contribution in [2.24, 2.45) is 5.73 Å². The summed E-state index contributed by atoms with van der Waals surface area (Å²) in [4.78, 5) is 33.7. The van der Waals surface area contributed by atoms with Crippen LogP contribution in [0.15, 0.2) is 18.2 Å². The lowest BCUT2D eigenvalue weighted by Crippen LogP contribution is -2.36. The number of benzene rings is 1. The predicted octanol–water partition coefficient (Wildman–Crippen LogP) is 0.324. The Labute approximate surface area is 122 Å². The third-order valence-corrected chi connectivity index (χ3v) is 3.38. The number of fused-ring (bicyclic) bond motifs is 1. The van der Waals surface area contributed by atoms with Gasteiger partial charge in [-0.1, -0.05) is 6.07 Å². The molecule has 0 aliphatic heterocycles. The molecule has 2 rings (SSSR count). The minimum absolute atomic E-state index is 0.269. The van der Waals surface area contributed by atoms with Crippen LogP contribution in [0.3, 0.4) is 0 Å². The highest BCUT2D eigenvalue weighted by Gasteiger charge is 2.14. The zero-order chi connectivity index (χ0) is 15.2. The standard InChI is InChI=1S/C15H18N2O4/c16-13(18)8-17-14(19)9-21-15(20)12-6-5-10-3-1-2-4-11(10)7-12/h5-7H,1-4,8-9H2,(H2,16,18)(H,17,19). The van der Waals surface area contributed by atoms with Crippen LogP contribution >= 0.6 is 0 Å². The Bertz CT molecular complexity index is 569. The van der Waals surface area contributed by atoms with Crippen molar-refractivity contribution >= 4 is 17.8 Å². The molecule has 0 spiro atoms. The molecule has 1 aliphatic rings. The molecule has 0 bridgehead atoms.